The van der Waals surface area contributed by atoms with Crippen LogP contribution < -0.4 is 4.74 Å². The number of ketones is 1. The van der Waals surface area contributed by atoms with Crippen molar-refractivity contribution in [1.29, 1.82) is 0 Å². The number of hydrogen-bond donors (Lipinski definition) is 0. The van der Waals surface area contributed by atoms with Crippen molar-refractivity contribution in [2.75, 3.05) is 0 Å². The first kappa shape index (κ1) is 11.7. The number of Topliss-reactive ketones (excluding diaryl/α,β-unsaturated/α-hetero) is 1. The second-order valence-electron chi connectivity index (χ2n) is 3.42. The van der Waals surface area contributed by atoms with Crippen LogP contribution in [0.15, 0.2) is 29.8 Å². The Hall–Kier alpha value is -1.75. The highest BCUT2D eigenvalue weighted by molar-refractivity contribution is 7.09. The predicted octanol–water partition coefficient (Wildman–Crippen LogP) is 3.06. The summed E-state index contributed by atoms with van der Waals surface area (Å²) in [4.78, 5) is 15.1. The third-order valence-corrected chi connectivity index (χ3v) is 2.93. The topological polar surface area (TPSA) is 39.2 Å². The third-order valence-electron chi connectivity index (χ3n) is 2.17. The van der Waals surface area contributed by atoms with Crippen molar-refractivity contribution in [3.8, 4) is 5.75 Å². The van der Waals surface area contributed by atoms with Crippen molar-refractivity contribution in [2.24, 2.45) is 0 Å². The zero-order valence-corrected chi connectivity index (χ0v) is 9.96. The fourth-order valence-corrected chi connectivity index (χ4v) is 1.83. The molecule has 0 aliphatic heterocycles. The number of hydrogen-bond acceptors (Lipinski definition) is 4. The summed E-state index contributed by atoms with van der Waals surface area (Å²) in [5, 5.41) is 2.61. The molecule has 1 aromatic heterocycles. The van der Waals surface area contributed by atoms with Crippen molar-refractivity contribution < 1.29 is 13.9 Å². The molecule has 0 amide bonds. The van der Waals surface area contributed by atoms with E-state index in [1.807, 2.05) is 5.38 Å². The van der Waals surface area contributed by atoms with Crippen LogP contribution >= 0.6 is 11.3 Å². The van der Waals surface area contributed by atoms with Crippen LogP contribution in [0.1, 0.15) is 22.3 Å². The Balaban J connectivity index is 2.09. The Labute approximate surface area is 102 Å². The van der Waals surface area contributed by atoms with Crippen molar-refractivity contribution in [1.82, 2.24) is 4.98 Å². The number of carbonyl (C=O) groups is 1. The summed E-state index contributed by atoms with van der Waals surface area (Å²) < 4.78 is 18.8. The molecule has 0 bridgehead atoms. The van der Waals surface area contributed by atoms with Gasteiger partial charge in [-0.2, -0.15) is 0 Å². The van der Waals surface area contributed by atoms with E-state index < -0.39 is 5.82 Å². The van der Waals surface area contributed by atoms with E-state index in [2.05, 4.69) is 4.98 Å². The lowest BCUT2D eigenvalue weighted by atomic mass is 10.1. The molecule has 0 N–H and O–H groups in total. The van der Waals surface area contributed by atoms with Crippen LogP contribution in [0.5, 0.6) is 5.75 Å². The molecule has 2 aromatic rings. The Morgan fingerprint density at radius 2 is 2.35 bits per heavy atom. The molecule has 2 rings (SSSR count). The number of rotatable bonds is 4. The highest BCUT2D eigenvalue weighted by Gasteiger charge is 2.08. The average molecular weight is 251 g/mol. The molecule has 0 aliphatic rings. The molecule has 1 heterocycles. The van der Waals surface area contributed by atoms with Crippen LogP contribution in [-0.4, -0.2) is 10.8 Å². The van der Waals surface area contributed by atoms with Crippen molar-refractivity contribution >= 4 is 17.1 Å². The summed E-state index contributed by atoms with van der Waals surface area (Å²) in [6.45, 7) is 1.62. The van der Waals surface area contributed by atoms with Gasteiger partial charge in [0.1, 0.15) is 11.6 Å². The van der Waals surface area contributed by atoms with Crippen LogP contribution in [0.3, 0.4) is 0 Å². The summed E-state index contributed by atoms with van der Waals surface area (Å²) in [7, 11) is 0. The summed E-state index contributed by atoms with van der Waals surface area (Å²) >= 11 is 1.44. The Bertz CT molecular complexity index is 525. The molecule has 88 valence electrons. The third kappa shape index (κ3) is 2.88. The van der Waals surface area contributed by atoms with Crippen LogP contribution in [0.2, 0.25) is 0 Å². The molecule has 0 aliphatic carbocycles. The molecule has 0 unspecified atom stereocenters. The van der Waals surface area contributed by atoms with E-state index in [0.29, 0.717) is 5.56 Å². The molecule has 0 spiro atoms. The molecule has 0 atom stereocenters. The summed E-state index contributed by atoms with van der Waals surface area (Å²) in [5.74, 6) is -0.574. The van der Waals surface area contributed by atoms with E-state index in [1.54, 1.807) is 12.3 Å². The summed E-state index contributed by atoms with van der Waals surface area (Å²) in [6, 6.07) is 4.18. The zero-order chi connectivity index (χ0) is 12.3. The van der Waals surface area contributed by atoms with Crippen LogP contribution in [-0.2, 0) is 6.61 Å². The molecular weight excluding hydrogens is 241 g/mol. The van der Waals surface area contributed by atoms with Crippen LogP contribution in [0.4, 0.5) is 4.39 Å². The number of ether oxygens (including phenoxy) is 1. The quantitative estimate of drug-likeness (QED) is 0.784. The summed E-state index contributed by atoms with van der Waals surface area (Å²) in [5.41, 5.74) is 0.337. The lowest BCUT2D eigenvalue weighted by Crippen LogP contribution is -1.99. The van der Waals surface area contributed by atoms with Gasteiger partial charge < -0.3 is 4.74 Å². The van der Waals surface area contributed by atoms with E-state index in [0.717, 1.165) is 5.01 Å². The highest BCUT2D eigenvalue weighted by Crippen LogP contribution is 2.20. The Morgan fingerprint density at radius 3 is 2.94 bits per heavy atom. The lowest BCUT2D eigenvalue weighted by Gasteiger charge is -2.06. The maximum atomic E-state index is 13.5. The fraction of sp³-hybridized carbons (Fsp3) is 0.167. The van der Waals surface area contributed by atoms with Gasteiger partial charge in [-0.1, -0.05) is 0 Å². The maximum Gasteiger partial charge on any atom is 0.165 e. The fourth-order valence-electron chi connectivity index (χ4n) is 1.30. The average Bonchev–Trinajstić information content (AvgIpc) is 2.80. The molecule has 0 saturated carbocycles. The first-order valence-corrected chi connectivity index (χ1v) is 5.86. The van der Waals surface area contributed by atoms with E-state index in [9.17, 15) is 9.18 Å². The predicted molar refractivity (Wildman–Crippen MR) is 62.9 cm³/mol. The Morgan fingerprint density at radius 1 is 1.53 bits per heavy atom. The zero-order valence-electron chi connectivity index (χ0n) is 9.14. The first-order chi connectivity index (χ1) is 8.16. The van der Waals surface area contributed by atoms with Crippen LogP contribution in [0.25, 0.3) is 0 Å². The van der Waals surface area contributed by atoms with Gasteiger partial charge in [0.05, 0.1) is 0 Å². The monoisotopic (exact) mass is 251 g/mol. The number of nitrogens with zero attached hydrogens (tertiary/aromatic N) is 1. The largest absolute Gasteiger partial charge is 0.483 e. The second-order valence-corrected chi connectivity index (χ2v) is 4.40. The molecule has 0 fully saturated rings. The van der Waals surface area contributed by atoms with Gasteiger partial charge in [-0.3, -0.25) is 4.79 Å². The number of aromatic nitrogens is 1. The standard InChI is InChI=1S/C12H10FNO2S/c1-8(15)9-2-3-11(10(13)6-9)16-7-12-14-4-5-17-12/h2-6H,7H2,1H3. The molecular formula is C12H10FNO2S. The van der Waals surface area contributed by atoms with Gasteiger partial charge in [-0.05, 0) is 25.1 Å². The van der Waals surface area contributed by atoms with Crippen molar-refractivity contribution in [2.45, 2.75) is 13.5 Å². The van der Waals surface area contributed by atoms with Gasteiger partial charge in [0.15, 0.2) is 17.3 Å². The van der Waals surface area contributed by atoms with Gasteiger partial charge in [0.2, 0.25) is 0 Å². The lowest BCUT2D eigenvalue weighted by molar-refractivity contribution is 0.101. The first-order valence-electron chi connectivity index (χ1n) is 4.98. The SMILES string of the molecule is CC(=O)c1ccc(OCc2nccs2)c(F)c1. The van der Waals surface area contributed by atoms with E-state index in [-0.39, 0.29) is 18.1 Å². The van der Waals surface area contributed by atoms with Crippen molar-refractivity contribution in [3.63, 3.8) is 0 Å². The number of halogens is 1. The summed E-state index contributed by atoms with van der Waals surface area (Å²) in [6.07, 6.45) is 1.67. The maximum absolute atomic E-state index is 13.5. The number of thiazole rings is 1. The molecule has 3 nitrogen and oxygen atoms in total. The normalized spacial score (nSPS) is 10.2. The van der Waals surface area contributed by atoms with E-state index in [4.69, 9.17) is 4.74 Å². The van der Waals surface area contributed by atoms with E-state index in [1.165, 1.54) is 30.4 Å². The van der Waals surface area contributed by atoms with Gasteiger partial charge in [-0.25, -0.2) is 9.37 Å². The van der Waals surface area contributed by atoms with Gasteiger partial charge >= 0.3 is 0 Å². The second kappa shape index (κ2) is 5.05. The minimum atomic E-state index is -0.533. The van der Waals surface area contributed by atoms with Gasteiger partial charge in [0.25, 0.3) is 0 Å². The molecule has 17 heavy (non-hydrogen) atoms. The minimum Gasteiger partial charge on any atom is -0.483 e. The number of benzene rings is 1. The van der Waals surface area contributed by atoms with Gasteiger partial charge in [0, 0.05) is 17.1 Å². The van der Waals surface area contributed by atoms with E-state index >= 15 is 0 Å². The molecule has 0 radical (unpaired) electrons. The van der Waals surface area contributed by atoms with Crippen LogP contribution in [0, 0.1) is 5.82 Å². The number of carbonyl (C=O) groups excluding carboxylic acids is 1. The highest BCUT2D eigenvalue weighted by atomic mass is 32.1. The Kier molecular flexibility index (Phi) is 3.49. The molecule has 5 heteroatoms. The smallest absolute Gasteiger partial charge is 0.165 e. The minimum absolute atomic E-state index is 0.130. The van der Waals surface area contributed by atoms with Gasteiger partial charge in [-0.15, -0.1) is 11.3 Å². The molecule has 1 aromatic carbocycles. The molecule has 0 saturated heterocycles. The van der Waals surface area contributed by atoms with Crippen molar-refractivity contribution in [3.05, 3.63) is 46.2 Å².